The molecule has 2 aliphatic rings. The first kappa shape index (κ1) is 18.2. The number of amides is 1. The van der Waals surface area contributed by atoms with Gasteiger partial charge < -0.3 is 10.1 Å². The summed E-state index contributed by atoms with van der Waals surface area (Å²) in [6, 6.07) is 6.51. The van der Waals surface area contributed by atoms with Crippen molar-refractivity contribution in [2.75, 3.05) is 32.8 Å². The van der Waals surface area contributed by atoms with Crippen LogP contribution in [-0.2, 0) is 17.9 Å². The standard InChI is InChI=1S/C20H31N3O2/c1-4-18-20(24)21-7-8-23(18)13-16-5-6-19-17(11-16)14-22(9-10-25-19)12-15(2)3/h5-6,11,15,18H,4,7-10,12-14H2,1-3H3,(H,21,24). The molecule has 3 rings (SSSR count). The highest BCUT2D eigenvalue weighted by atomic mass is 16.5. The van der Waals surface area contributed by atoms with Crippen LogP contribution in [0.25, 0.3) is 0 Å². The molecule has 1 saturated heterocycles. The Balaban J connectivity index is 1.73. The molecule has 1 aromatic rings. The summed E-state index contributed by atoms with van der Waals surface area (Å²) in [6.07, 6.45) is 0.849. The number of hydrogen-bond donors (Lipinski definition) is 1. The van der Waals surface area contributed by atoms with Crippen LogP contribution in [0.4, 0.5) is 0 Å². The fraction of sp³-hybridized carbons (Fsp3) is 0.650. The second-order valence-corrected chi connectivity index (χ2v) is 7.61. The Morgan fingerprint density at radius 1 is 1.32 bits per heavy atom. The van der Waals surface area contributed by atoms with Gasteiger partial charge in [-0.05, 0) is 30.0 Å². The van der Waals surface area contributed by atoms with Gasteiger partial charge in [-0.3, -0.25) is 14.6 Å². The third-order valence-corrected chi connectivity index (χ3v) is 5.02. The van der Waals surface area contributed by atoms with E-state index in [9.17, 15) is 4.79 Å². The molecule has 0 spiro atoms. The van der Waals surface area contributed by atoms with Gasteiger partial charge in [-0.2, -0.15) is 0 Å². The lowest BCUT2D eigenvalue weighted by molar-refractivity contribution is -0.129. The Hall–Kier alpha value is -1.59. The van der Waals surface area contributed by atoms with Crippen molar-refractivity contribution in [1.82, 2.24) is 15.1 Å². The van der Waals surface area contributed by atoms with Crippen molar-refractivity contribution >= 4 is 5.91 Å². The van der Waals surface area contributed by atoms with E-state index in [4.69, 9.17) is 4.74 Å². The number of fused-ring (bicyclic) bond motifs is 1. The van der Waals surface area contributed by atoms with Crippen molar-refractivity contribution in [1.29, 1.82) is 0 Å². The number of hydrogen-bond acceptors (Lipinski definition) is 4. The molecule has 1 amide bonds. The van der Waals surface area contributed by atoms with Crippen LogP contribution in [0.3, 0.4) is 0 Å². The molecule has 1 fully saturated rings. The summed E-state index contributed by atoms with van der Waals surface area (Å²) < 4.78 is 5.95. The average Bonchev–Trinajstić information content (AvgIpc) is 2.75. The van der Waals surface area contributed by atoms with E-state index in [1.54, 1.807) is 0 Å². The molecular formula is C20H31N3O2. The summed E-state index contributed by atoms with van der Waals surface area (Å²) in [4.78, 5) is 16.8. The molecule has 0 aromatic heterocycles. The van der Waals surface area contributed by atoms with Gasteiger partial charge in [0.1, 0.15) is 12.4 Å². The maximum absolute atomic E-state index is 12.1. The van der Waals surface area contributed by atoms with Crippen LogP contribution >= 0.6 is 0 Å². The predicted molar refractivity (Wildman–Crippen MR) is 99.6 cm³/mol. The predicted octanol–water partition coefficient (Wildman–Crippen LogP) is 2.25. The SMILES string of the molecule is CCC1C(=O)NCCN1Cc1ccc2c(c1)CN(CC(C)C)CCO2. The van der Waals surface area contributed by atoms with E-state index in [1.807, 2.05) is 0 Å². The molecule has 138 valence electrons. The number of carbonyl (C=O) groups is 1. The number of rotatable bonds is 5. The van der Waals surface area contributed by atoms with Gasteiger partial charge in [0.05, 0.1) is 6.04 Å². The van der Waals surface area contributed by atoms with Gasteiger partial charge in [0.15, 0.2) is 0 Å². The second-order valence-electron chi connectivity index (χ2n) is 7.61. The Kier molecular flexibility index (Phi) is 5.97. The van der Waals surface area contributed by atoms with Crippen molar-refractivity contribution in [2.24, 2.45) is 5.92 Å². The van der Waals surface area contributed by atoms with Gasteiger partial charge in [0.25, 0.3) is 0 Å². The molecule has 5 heteroatoms. The van der Waals surface area contributed by atoms with Gasteiger partial charge >= 0.3 is 0 Å². The number of carbonyl (C=O) groups excluding carboxylic acids is 1. The van der Waals surface area contributed by atoms with Crippen molar-refractivity contribution < 1.29 is 9.53 Å². The molecular weight excluding hydrogens is 314 g/mol. The van der Waals surface area contributed by atoms with Crippen molar-refractivity contribution in [3.63, 3.8) is 0 Å². The molecule has 0 bridgehead atoms. The van der Waals surface area contributed by atoms with Crippen LogP contribution in [0, 0.1) is 5.92 Å². The number of nitrogens with one attached hydrogen (secondary N) is 1. The minimum atomic E-state index is -0.0127. The third-order valence-electron chi connectivity index (χ3n) is 5.02. The Morgan fingerprint density at radius 2 is 2.16 bits per heavy atom. The van der Waals surface area contributed by atoms with Crippen LogP contribution in [0.2, 0.25) is 0 Å². The lowest BCUT2D eigenvalue weighted by Gasteiger charge is -2.34. The number of ether oxygens (including phenoxy) is 1. The first-order chi connectivity index (χ1) is 12.1. The van der Waals surface area contributed by atoms with E-state index in [0.29, 0.717) is 5.92 Å². The summed E-state index contributed by atoms with van der Waals surface area (Å²) in [5.74, 6) is 1.83. The zero-order valence-corrected chi connectivity index (χ0v) is 15.8. The second kappa shape index (κ2) is 8.19. The van der Waals surface area contributed by atoms with Crippen LogP contribution in [-0.4, -0.2) is 54.5 Å². The molecule has 1 aromatic carbocycles. The molecule has 1 N–H and O–H groups in total. The van der Waals surface area contributed by atoms with E-state index >= 15 is 0 Å². The van der Waals surface area contributed by atoms with Crippen molar-refractivity contribution in [3.8, 4) is 5.75 Å². The molecule has 1 atom stereocenters. The normalized spacial score (nSPS) is 22.2. The first-order valence-corrected chi connectivity index (χ1v) is 9.55. The minimum Gasteiger partial charge on any atom is -0.492 e. The molecule has 1 unspecified atom stereocenters. The first-order valence-electron chi connectivity index (χ1n) is 9.55. The fourth-order valence-electron chi connectivity index (χ4n) is 3.90. The molecule has 2 aliphatic heterocycles. The van der Waals surface area contributed by atoms with Gasteiger partial charge in [-0.25, -0.2) is 0 Å². The lowest BCUT2D eigenvalue weighted by atomic mass is 10.1. The molecule has 25 heavy (non-hydrogen) atoms. The molecule has 5 nitrogen and oxygen atoms in total. The van der Waals surface area contributed by atoms with Gasteiger partial charge in [-0.15, -0.1) is 0 Å². The topological polar surface area (TPSA) is 44.8 Å². The van der Waals surface area contributed by atoms with E-state index < -0.39 is 0 Å². The highest BCUT2D eigenvalue weighted by Crippen LogP contribution is 2.26. The average molecular weight is 345 g/mol. The van der Waals surface area contributed by atoms with Gasteiger partial charge in [0.2, 0.25) is 5.91 Å². The molecule has 2 heterocycles. The maximum Gasteiger partial charge on any atom is 0.237 e. The van der Waals surface area contributed by atoms with E-state index in [1.165, 1.54) is 11.1 Å². The Bertz CT molecular complexity index is 603. The van der Waals surface area contributed by atoms with Crippen LogP contribution in [0.1, 0.15) is 38.3 Å². The minimum absolute atomic E-state index is 0.0127. The van der Waals surface area contributed by atoms with Crippen LogP contribution < -0.4 is 10.1 Å². The van der Waals surface area contributed by atoms with Crippen molar-refractivity contribution in [3.05, 3.63) is 29.3 Å². The quantitative estimate of drug-likeness (QED) is 0.889. The summed E-state index contributed by atoms with van der Waals surface area (Å²) in [7, 11) is 0. The Labute approximate surface area is 151 Å². The molecule has 0 aliphatic carbocycles. The summed E-state index contributed by atoms with van der Waals surface area (Å²) >= 11 is 0. The zero-order valence-electron chi connectivity index (χ0n) is 15.8. The summed E-state index contributed by atoms with van der Waals surface area (Å²) in [6.45, 7) is 12.8. The number of piperazine rings is 1. The highest BCUT2D eigenvalue weighted by Gasteiger charge is 2.28. The summed E-state index contributed by atoms with van der Waals surface area (Å²) in [5.41, 5.74) is 2.53. The fourth-order valence-corrected chi connectivity index (χ4v) is 3.90. The summed E-state index contributed by atoms with van der Waals surface area (Å²) in [5, 5.41) is 2.97. The lowest BCUT2D eigenvalue weighted by Crippen LogP contribution is -2.54. The van der Waals surface area contributed by atoms with Crippen LogP contribution in [0.5, 0.6) is 5.75 Å². The van der Waals surface area contributed by atoms with Crippen LogP contribution in [0.15, 0.2) is 18.2 Å². The Morgan fingerprint density at radius 3 is 2.92 bits per heavy atom. The zero-order chi connectivity index (χ0) is 17.8. The van der Waals surface area contributed by atoms with E-state index in [-0.39, 0.29) is 11.9 Å². The smallest absolute Gasteiger partial charge is 0.237 e. The van der Waals surface area contributed by atoms with Gasteiger partial charge in [0, 0.05) is 44.8 Å². The van der Waals surface area contributed by atoms with E-state index in [0.717, 1.165) is 58.0 Å². The third kappa shape index (κ3) is 4.53. The van der Waals surface area contributed by atoms with Crippen molar-refractivity contribution in [2.45, 2.75) is 46.3 Å². The largest absolute Gasteiger partial charge is 0.492 e. The highest BCUT2D eigenvalue weighted by molar-refractivity contribution is 5.82. The molecule has 0 radical (unpaired) electrons. The van der Waals surface area contributed by atoms with E-state index in [2.05, 4.69) is 54.1 Å². The number of benzene rings is 1. The van der Waals surface area contributed by atoms with Gasteiger partial charge in [-0.1, -0.05) is 26.8 Å². The maximum atomic E-state index is 12.1. The monoisotopic (exact) mass is 345 g/mol. The number of nitrogens with zero attached hydrogens (tertiary/aromatic N) is 2. The molecule has 0 saturated carbocycles.